The van der Waals surface area contributed by atoms with Crippen LogP contribution < -0.4 is 0 Å². The van der Waals surface area contributed by atoms with Crippen molar-refractivity contribution in [2.24, 2.45) is 5.92 Å². The van der Waals surface area contributed by atoms with Crippen molar-refractivity contribution in [2.45, 2.75) is 20.8 Å². The fourth-order valence-corrected chi connectivity index (χ4v) is 4.29. The van der Waals surface area contributed by atoms with Gasteiger partial charge in [0.25, 0.3) is 9.84 Å². The van der Waals surface area contributed by atoms with Gasteiger partial charge < -0.3 is 5.53 Å². The summed E-state index contributed by atoms with van der Waals surface area (Å²) in [7, 11) is -6.42. The lowest BCUT2D eigenvalue weighted by atomic mass is 9.92. The normalized spacial score (nSPS) is 20.3. The molecule has 98 valence electrons. The molecule has 1 atom stereocenters. The van der Waals surface area contributed by atoms with E-state index in [1.807, 2.05) is 0 Å². The summed E-state index contributed by atoms with van der Waals surface area (Å²) in [5.41, 5.74) is 9.71. The van der Waals surface area contributed by atoms with E-state index in [1.54, 1.807) is 13.8 Å². The Hall–Kier alpha value is -1.50. The first-order valence-corrected chi connectivity index (χ1v) is 7.62. The molecule has 0 aromatic rings. The molecule has 6 nitrogen and oxygen atoms in total. The van der Waals surface area contributed by atoms with E-state index in [0.29, 0.717) is 16.7 Å². The molecular weight excluding hydrogens is 276 g/mol. The number of allylic oxidation sites excluding steroid dienone is 4. The summed E-state index contributed by atoms with van der Waals surface area (Å²) in [4.78, 5) is 2.48. The first kappa shape index (κ1) is 14.6. The highest BCUT2D eigenvalue weighted by molar-refractivity contribution is 8.07. The van der Waals surface area contributed by atoms with Gasteiger partial charge in [-0.15, -0.1) is 0 Å². The summed E-state index contributed by atoms with van der Waals surface area (Å²) < 4.78 is 46.0. The van der Waals surface area contributed by atoms with Crippen molar-refractivity contribution in [3.05, 3.63) is 27.7 Å². The minimum absolute atomic E-state index is 0.0329. The van der Waals surface area contributed by atoms with Crippen molar-refractivity contribution < 1.29 is 21.6 Å². The van der Waals surface area contributed by atoms with E-state index in [1.165, 1.54) is 13.0 Å². The maximum atomic E-state index is 11.9. The Kier molecular flexibility index (Phi) is 4.05. The molecule has 0 aliphatic heterocycles. The largest absolute Gasteiger partial charge is 0.374 e. The Morgan fingerprint density at radius 3 is 2.39 bits per heavy atom. The van der Waals surface area contributed by atoms with Crippen molar-refractivity contribution in [1.29, 1.82) is 0 Å². The monoisotopic (exact) mass is 288 g/mol. The summed E-state index contributed by atoms with van der Waals surface area (Å²) in [5.74, 6) is -0.795. The van der Waals surface area contributed by atoms with Crippen LogP contribution in [0.3, 0.4) is 0 Å². The molecule has 0 saturated heterocycles. The van der Waals surface area contributed by atoms with Gasteiger partial charge in [0.15, 0.2) is 0 Å². The van der Waals surface area contributed by atoms with Crippen LogP contribution in [0.1, 0.15) is 20.8 Å². The standard InChI is InChI=1S/C10H12N2O4S2/c1-6-4-7(2)10(18(15,16)5-12-11)8(3)9(6)17(13)14/h4-5,8H,1-3H3. The van der Waals surface area contributed by atoms with E-state index in [2.05, 4.69) is 4.79 Å². The smallest absolute Gasteiger partial charge is 0.361 e. The lowest BCUT2D eigenvalue weighted by molar-refractivity contribution is 0.00759. The zero-order chi connectivity index (χ0) is 14.1. The Balaban J connectivity index is 3.70. The number of rotatable bonds is 2. The molecule has 0 saturated carbocycles. The molecule has 1 aliphatic carbocycles. The average Bonchev–Trinajstić information content (AvgIpc) is 2.14. The van der Waals surface area contributed by atoms with Crippen LogP contribution in [-0.2, 0) is 20.1 Å². The minimum atomic E-state index is -3.92. The molecule has 0 amide bonds. The molecule has 1 rings (SSSR count). The second kappa shape index (κ2) is 5.01. The summed E-state index contributed by atoms with van der Waals surface area (Å²) >= 11 is 0. The second-order valence-corrected chi connectivity index (χ2v) is 6.61. The van der Waals surface area contributed by atoms with Crippen molar-refractivity contribution in [2.75, 3.05) is 0 Å². The Morgan fingerprint density at radius 1 is 1.39 bits per heavy atom. The third-order valence-corrected chi connectivity index (χ3v) is 5.36. The molecule has 0 aromatic heterocycles. The van der Waals surface area contributed by atoms with Crippen molar-refractivity contribution >= 4 is 30.5 Å². The lowest BCUT2D eigenvalue weighted by Gasteiger charge is -2.21. The van der Waals surface area contributed by atoms with E-state index in [9.17, 15) is 16.8 Å². The van der Waals surface area contributed by atoms with Crippen LogP contribution in [-0.4, -0.2) is 32.0 Å². The molecule has 8 heteroatoms. The molecule has 0 heterocycles. The topological polar surface area (TPSA) is 105 Å². The van der Waals surface area contributed by atoms with Crippen LogP contribution in [0.15, 0.2) is 22.1 Å². The molecule has 0 fully saturated rings. The maximum Gasteiger partial charge on any atom is 0.374 e. The highest BCUT2D eigenvalue weighted by Gasteiger charge is 2.34. The lowest BCUT2D eigenvalue weighted by Crippen LogP contribution is -2.26. The van der Waals surface area contributed by atoms with Gasteiger partial charge in [-0.25, -0.2) is 8.42 Å². The van der Waals surface area contributed by atoms with Gasteiger partial charge in [0.1, 0.15) is 0 Å². The van der Waals surface area contributed by atoms with E-state index < -0.39 is 26.0 Å². The van der Waals surface area contributed by atoms with Crippen molar-refractivity contribution in [1.82, 2.24) is 0 Å². The van der Waals surface area contributed by atoms with Crippen LogP contribution >= 0.6 is 0 Å². The predicted molar refractivity (Wildman–Crippen MR) is 68.2 cm³/mol. The van der Waals surface area contributed by atoms with Crippen molar-refractivity contribution in [3.63, 3.8) is 0 Å². The predicted octanol–water partition coefficient (Wildman–Crippen LogP) is 0.581. The molecule has 1 aliphatic rings. The van der Waals surface area contributed by atoms with Gasteiger partial charge in [-0.2, -0.15) is 13.2 Å². The zero-order valence-corrected chi connectivity index (χ0v) is 11.7. The summed E-state index contributed by atoms with van der Waals surface area (Å²) in [6.07, 6.45) is 1.49. The van der Waals surface area contributed by atoms with Gasteiger partial charge >= 0.3 is 5.55 Å². The van der Waals surface area contributed by atoms with E-state index in [-0.39, 0.29) is 9.77 Å². The molecular formula is C10H12N2O4S2. The molecule has 0 N–H and O–H groups in total. The van der Waals surface area contributed by atoms with Crippen LogP contribution in [0, 0.1) is 5.92 Å². The van der Waals surface area contributed by atoms with Crippen molar-refractivity contribution in [3.8, 4) is 0 Å². The fourth-order valence-electron chi connectivity index (χ4n) is 2.13. The maximum absolute atomic E-state index is 11.9. The quantitative estimate of drug-likeness (QED) is 0.243. The summed E-state index contributed by atoms with van der Waals surface area (Å²) in [6.45, 7) is 4.67. The molecule has 1 unspecified atom stereocenters. The Bertz CT molecular complexity index is 725. The third kappa shape index (κ3) is 2.50. The summed E-state index contributed by atoms with van der Waals surface area (Å²) in [5, 5.41) is 0. The van der Waals surface area contributed by atoms with Crippen LogP contribution in [0.2, 0.25) is 0 Å². The minimum Gasteiger partial charge on any atom is -0.361 e. The average molecular weight is 288 g/mol. The van der Waals surface area contributed by atoms with Crippen LogP contribution in [0.4, 0.5) is 0 Å². The first-order chi connectivity index (χ1) is 8.22. The third-order valence-electron chi connectivity index (χ3n) is 2.67. The van der Waals surface area contributed by atoms with Gasteiger partial charge in [0.05, 0.1) is 9.77 Å². The second-order valence-electron chi connectivity index (χ2n) is 3.96. The SMILES string of the molecule is CC1=CC(C)=C(S(=O)(=O)C=[N+]=[N-])C(C)C1=S(=O)=O. The number of sulfone groups is 1. The molecule has 0 bridgehead atoms. The van der Waals surface area contributed by atoms with Gasteiger partial charge in [0, 0.05) is 5.92 Å². The Morgan fingerprint density at radius 2 is 1.94 bits per heavy atom. The van der Waals surface area contributed by atoms with E-state index in [0.717, 1.165) is 0 Å². The van der Waals surface area contributed by atoms with Crippen LogP contribution in [0.5, 0.6) is 0 Å². The van der Waals surface area contributed by atoms with Gasteiger partial charge in [-0.1, -0.05) is 13.0 Å². The van der Waals surface area contributed by atoms with Gasteiger partial charge in [0.2, 0.25) is 10.3 Å². The highest BCUT2D eigenvalue weighted by Crippen LogP contribution is 2.30. The zero-order valence-electron chi connectivity index (χ0n) is 10.1. The van der Waals surface area contributed by atoms with Gasteiger partial charge in [-0.05, 0) is 25.0 Å². The number of hydrogen-bond donors (Lipinski definition) is 0. The van der Waals surface area contributed by atoms with Crippen LogP contribution in [0.25, 0.3) is 5.53 Å². The Labute approximate surface area is 107 Å². The van der Waals surface area contributed by atoms with E-state index in [4.69, 9.17) is 5.53 Å². The molecule has 0 aromatic carbocycles. The van der Waals surface area contributed by atoms with E-state index >= 15 is 0 Å². The fraction of sp³-hybridized carbons (Fsp3) is 0.400. The molecule has 0 spiro atoms. The molecule has 18 heavy (non-hydrogen) atoms. The number of hydrogen-bond acceptors (Lipinski definition) is 4. The van der Waals surface area contributed by atoms with Gasteiger partial charge in [-0.3, -0.25) is 0 Å². The molecule has 0 radical (unpaired) electrons. The number of nitrogens with zero attached hydrogens (tertiary/aromatic N) is 2. The summed E-state index contributed by atoms with van der Waals surface area (Å²) in [6, 6.07) is 0. The first-order valence-electron chi connectivity index (χ1n) is 5.00. The highest BCUT2D eigenvalue weighted by atomic mass is 32.2.